The molecule has 0 amide bonds. The van der Waals surface area contributed by atoms with Gasteiger partial charge in [-0.05, 0) is 58.5 Å². The van der Waals surface area contributed by atoms with Crippen molar-refractivity contribution in [2.24, 2.45) is 0 Å². The van der Waals surface area contributed by atoms with Crippen LogP contribution in [0.3, 0.4) is 0 Å². The number of nitriles is 1. The highest BCUT2D eigenvalue weighted by Gasteiger charge is 2.11. The third-order valence-electron chi connectivity index (χ3n) is 3.81. The number of aromatic nitrogens is 2. The van der Waals surface area contributed by atoms with E-state index in [0.29, 0.717) is 23.6 Å². The van der Waals surface area contributed by atoms with Gasteiger partial charge in [-0.15, -0.1) is 0 Å². The Morgan fingerprint density at radius 3 is 2.80 bits per heavy atom. The fourth-order valence-electron chi connectivity index (χ4n) is 2.66. The fourth-order valence-corrected chi connectivity index (χ4v) is 3.50. The molecule has 25 heavy (non-hydrogen) atoms. The highest BCUT2D eigenvalue weighted by atomic mass is 127. The molecular weight excluding hydrogens is 429 g/mol. The Labute approximate surface area is 159 Å². The van der Waals surface area contributed by atoms with Crippen LogP contribution in [0.2, 0.25) is 0 Å². The van der Waals surface area contributed by atoms with E-state index in [9.17, 15) is 5.26 Å². The Morgan fingerprint density at radius 2 is 2.08 bits per heavy atom. The minimum Gasteiger partial charge on any atom is -0.493 e. The molecule has 0 saturated heterocycles. The SMILES string of the molecule is COc1cc(/C=C(/C#N)Cn2cnc3ccccc32)cc(I)c1OC. The lowest BCUT2D eigenvalue weighted by molar-refractivity contribution is 0.353. The van der Waals surface area contributed by atoms with E-state index in [0.717, 1.165) is 20.2 Å². The van der Waals surface area contributed by atoms with E-state index < -0.39 is 0 Å². The van der Waals surface area contributed by atoms with Crippen LogP contribution in [0.5, 0.6) is 11.5 Å². The molecule has 0 aliphatic carbocycles. The standard InChI is InChI=1S/C19H16IN3O2/c1-24-18-9-13(8-15(20)19(18)25-2)7-14(10-21)11-23-12-22-16-5-3-4-6-17(16)23/h3-9,12H,11H2,1-2H3/b14-7-. The Balaban J connectivity index is 1.96. The highest BCUT2D eigenvalue weighted by Crippen LogP contribution is 2.34. The lowest BCUT2D eigenvalue weighted by Crippen LogP contribution is -1.99. The summed E-state index contributed by atoms with van der Waals surface area (Å²) in [5, 5.41) is 9.54. The van der Waals surface area contributed by atoms with Crippen molar-refractivity contribution in [3.63, 3.8) is 0 Å². The molecule has 0 spiro atoms. The number of para-hydroxylation sites is 2. The van der Waals surface area contributed by atoms with Gasteiger partial charge in [0.2, 0.25) is 0 Å². The number of halogens is 1. The second-order valence-corrected chi connectivity index (χ2v) is 6.54. The van der Waals surface area contributed by atoms with Gasteiger partial charge < -0.3 is 14.0 Å². The van der Waals surface area contributed by atoms with E-state index in [4.69, 9.17) is 9.47 Å². The normalized spacial score (nSPS) is 11.4. The number of imidazole rings is 1. The summed E-state index contributed by atoms with van der Waals surface area (Å²) < 4.78 is 13.6. The van der Waals surface area contributed by atoms with Gasteiger partial charge >= 0.3 is 0 Å². The molecule has 3 rings (SSSR count). The molecule has 0 radical (unpaired) electrons. The first-order valence-electron chi connectivity index (χ1n) is 7.58. The van der Waals surface area contributed by atoms with E-state index in [2.05, 4.69) is 33.6 Å². The molecule has 0 fully saturated rings. The smallest absolute Gasteiger partial charge is 0.174 e. The fraction of sp³-hybridized carbons (Fsp3) is 0.158. The average molecular weight is 445 g/mol. The minimum absolute atomic E-state index is 0.460. The maximum absolute atomic E-state index is 9.54. The van der Waals surface area contributed by atoms with Crippen molar-refractivity contribution in [1.82, 2.24) is 9.55 Å². The van der Waals surface area contributed by atoms with Crippen LogP contribution in [-0.4, -0.2) is 23.8 Å². The van der Waals surface area contributed by atoms with E-state index in [1.54, 1.807) is 20.5 Å². The van der Waals surface area contributed by atoms with Crippen molar-refractivity contribution in [3.8, 4) is 17.6 Å². The number of rotatable bonds is 5. The van der Waals surface area contributed by atoms with Crippen LogP contribution in [0.25, 0.3) is 17.1 Å². The molecule has 5 nitrogen and oxygen atoms in total. The number of methoxy groups -OCH3 is 2. The van der Waals surface area contributed by atoms with Crippen LogP contribution in [0.4, 0.5) is 0 Å². The summed E-state index contributed by atoms with van der Waals surface area (Å²) in [6, 6.07) is 14.0. The van der Waals surface area contributed by atoms with Crippen LogP contribution in [0.15, 0.2) is 48.3 Å². The molecule has 0 bridgehead atoms. The maximum Gasteiger partial charge on any atom is 0.174 e. The molecule has 0 aliphatic rings. The number of allylic oxidation sites excluding steroid dienone is 1. The second kappa shape index (κ2) is 7.57. The monoisotopic (exact) mass is 445 g/mol. The van der Waals surface area contributed by atoms with Crippen molar-refractivity contribution in [2.75, 3.05) is 14.2 Å². The molecule has 1 aromatic heterocycles. The average Bonchev–Trinajstić information content (AvgIpc) is 3.03. The Hall–Kier alpha value is -2.53. The minimum atomic E-state index is 0.460. The number of nitrogens with zero attached hydrogens (tertiary/aromatic N) is 3. The number of hydrogen-bond acceptors (Lipinski definition) is 4. The number of ether oxygens (including phenoxy) is 2. The predicted octanol–water partition coefficient (Wildman–Crippen LogP) is 4.27. The molecule has 2 aromatic carbocycles. The third-order valence-corrected chi connectivity index (χ3v) is 4.61. The van der Waals surface area contributed by atoms with Gasteiger partial charge in [0, 0.05) is 5.57 Å². The summed E-state index contributed by atoms with van der Waals surface area (Å²) in [4.78, 5) is 4.37. The van der Waals surface area contributed by atoms with Crippen molar-refractivity contribution in [3.05, 3.63) is 57.4 Å². The molecule has 3 aromatic rings. The molecule has 0 unspecified atom stereocenters. The topological polar surface area (TPSA) is 60.1 Å². The number of benzene rings is 2. The zero-order valence-electron chi connectivity index (χ0n) is 13.9. The largest absolute Gasteiger partial charge is 0.493 e. The quantitative estimate of drug-likeness (QED) is 0.435. The third kappa shape index (κ3) is 3.61. The van der Waals surface area contributed by atoms with Gasteiger partial charge in [-0.1, -0.05) is 12.1 Å². The molecule has 1 heterocycles. The molecule has 6 heteroatoms. The summed E-state index contributed by atoms with van der Waals surface area (Å²) in [7, 11) is 3.21. The van der Waals surface area contributed by atoms with Gasteiger partial charge in [-0.3, -0.25) is 0 Å². The molecular formula is C19H16IN3O2. The van der Waals surface area contributed by atoms with E-state index in [-0.39, 0.29) is 0 Å². The van der Waals surface area contributed by atoms with Gasteiger partial charge in [0.05, 0.1) is 47.8 Å². The Morgan fingerprint density at radius 1 is 1.28 bits per heavy atom. The van der Waals surface area contributed by atoms with Crippen molar-refractivity contribution in [2.45, 2.75) is 6.54 Å². The van der Waals surface area contributed by atoms with Gasteiger partial charge in [0.1, 0.15) is 0 Å². The first-order valence-corrected chi connectivity index (χ1v) is 8.66. The summed E-state index contributed by atoms with van der Waals surface area (Å²) >= 11 is 2.20. The van der Waals surface area contributed by atoms with Crippen molar-refractivity contribution < 1.29 is 9.47 Å². The number of fused-ring (bicyclic) bond motifs is 1. The van der Waals surface area contributed by atoms with Gasteiger partial charge in [-0.25, -0.2) is 4.98 Å². The summed E-state index contributed by atoms with van der Waals surface area (Å²) in [5.41, 5.74) is 3.44. The lowest BCUT2D eigenvalue weighted by Gasteiger charge is -2.11. The highest BCUT2D eigenvalue weighted by molar-refractivity contribution is 14.1. The predicted molar refractivity (Wildman–Crippen MR) is 106 cm³/mol. The molecule has 0 aliphatic heterocycles. The second-order valence-electron chi connectivity index (χ2n) is 5.38. The van der Waals surface area contributed by atoms with E-state index in [1.807, 2.05) is 47.0 Å². The van der Waals surface area contributed by atoms with Gasteiger partial charge in [-0.2, -0.15) is 5.26 Å². The van der Waals surface area contributed by atoms with Gasteiger partial charge in [0.15, 0.2) is 11.5 Å². The van der Waals surface area contributed by atoms with Crippen molar-refractivity contribution >= 4 is 39.7 Å². The van der Waals surface area contributed by atoms with Gasteiger partial charge in [0.25, 0.3) is 0 Å². The molecule has 126 valence electrons. The van der Waals surface area contributed by atoms with E-state index >= 15 is 0 Å². The summed E-state index contributed by atoms with van der Waals surface area (Å²) in [6.45, 7) is 0.460. The molecule has 0 saturated carbocycles. The van der Waals surface area contributed by atoms with Crippen LogP contribution < -0.4 is 9.47 Å². The van der Waals surface area contributed by atoms with E-state index in [1.165, 1.54) is 0 Å². The van der Waals surface area contributed by atoms with Crippen LogP contribution >= 0.6 is 22.6 Å². The molecule has 0 atom stereocenters. The summed E-state index contributed by atoms with van der Waals surface area (Å²) in [5.74, 6) is 1.34. The summed E-state index contributed by atoms with van der Waals surface area (Å²) in [6.07, 6.45) is 3.62. The first kappa shape index (κ1) is 17.3. The van der Waals surface area contributed by atoms with Crippen molar-refractivity contribution in [1.29, 1.82) is 5.26 Å². The van der Waals surface area contributed by atoms with Crippen LogP contribution in [0, 0.1) is 14.9 Å². The lowest BCUT2D eigenvalue weighted by atomic mass is 10.1. The van der Waals surface area contributed by atoms with Crippen LogP contribution in [0.1, 0.15) is 5.56 Å². The van der Waals surface area contributed by atoms with Crippen LogP contribution in [-0.2, 0) is 6.54 Å². The Bertz CT molecular complexity index is 986. The maximum atomic E-state index is 9.54. The zero-order valence-corrected chi connectivity index (χ0v) is 16.0. The molecule has 0 N–H and O–H groups in total. The first-order chi connectivity index (χ1) is 12.2. The Kier molecular flexibility index (Phi) is 5.24. The number of hydrogen-bond donors (Lipinski definition) is 0. The zero-order chi connectivity index (χ0) is 17.8.